The van der Waals surface area contributed by atoms with Crippen LogP contribution in [-0.4, -0.2) is 50.1 Å². The van der Waals surface area contributed by atoms with Crippen molar-refractivity contribution in [2.75, 3.05) is 0 Å². The van der Waals surface area contributed by atoms with E-state index in [0.29, 0.717) is 99.5 Å². The van der Waals surface area contributed by atoms with Gasteiger partial charge >= 0.3 is 86.9 Å². The largest absolute Gasteiger partial charge is 4.00 e. The summed E-state index contributed by atoms with van der Waals surface area (Å²) in [5.74, 6) is 10.9. The van der Waals surface area contributed by atoms with E-state index in [0.717, 1.165) is 40.9 Å². The number of fused-ring (bicyclic) bond motifs is 20. The SMILES string of the molecule is CC(C)[N-][Si](C)(C)C1C(C)C(C)C2c3c(sc4ccccc34)C=CC21.CC1C(C)C([Si](C)(C)[N-]C(C)(C)C)C2C=Cc3sc4ccccc4c3C12.CC1C(C)C([Si](C)(C)[N-]C(C)(C)CC(C)(C)C)C2C=Cc3sc4ccccc4c3C12.CC1C(C)C([Si](C)(C)[N-]c2ccccc2)C2C=Cc3sc4ccccc4c3C12.[CH3-].[CH3-].[CH3-].[CH3-].[CH3-].[CH3-].[CH3-].[CH3-].[CH3-].[CH3-].[CH3-].[CH3-].[Ti+4].[Ti+4].[Ti+4].[Ti+4]. The minimum Gasteiger partial charge on any atom is -0.687 e. The van der Waals surface area contributed by atoms with Crippen molar-refractivity contribution in [3.05, 3.63) is 303 Å². The fourth-order valence-corrected chi connectivity index (χ4v) is 47.6. The molecular formula is C109H166N4S4Si4Ti4. The van der Waals surface area contributed by atoms with E-state index in [-0.39, 0.29) is 187 Å². The van der Waals surface area contributed by atoms with Crippen molar-refractivity contribution in [3.8, 4) is 0 Å². The van der Waals surface area contributed by atoms with Gasteiger partial charge in [0.25, 0.3) is 0 Å². The second-order valence-corrected chi connectivity index (χ2v) is 61.7. The molecule has 4 heterocycles. The van der Waals surface area contributed by atoms with Crippen LogP contribution in [0.5, 0.6) is 0 Å². The van der Waals surface area contributed by atoms with Gasteiger partial charge in [0, 0.05) is 38.3 Å². The third kappa shape index (κ3) is 25.0. The Bertz CT molecular complexity index is 4910. The summed E-state index contributed by atoms with van der Waals surface area (Å²) in [6, 6.07) is 47.1. The predicted octanol–water partition coefficient (Wildman–Crippen LogP) is 37.6. The Hall–Kier alpha value is -1.70. The zero-order valence-corrected chi connectivity index (χ0v) is 98.5. The van der Waals surface area contributed by atoms with Gasteiger partial charge in [0.1, 0.15) is 0 Å². The molecule has 4 fully saturated rings. The van der Waals surface area contributed by atoms with Crippen LogP contribution in [0.15, 0.2) is 152 Å². The molecule has 4 nitrogen and oxygen atoms in total. The molecule has 0 radical (unpaired) electrons. The molecule has 9 aromatic rings. The Morgan fingerprint density at radius 3 is 0.808 bits per heavy atom. The van der Waals surface area contributed by atoms with Gasteiger partial charge in [-0.1, -0.05) is 358 Å². The first-order chi connectivity index (χ1) is 51.2. The molecule has 20 unspecified atom stereocenters. The summed E-state index contributed by atoms with van der Waals surface area (Å²) >= 11 is 7.89. The van der Waals surface area contributed by atoms with Gasteiger partial charge in [0.05, 0.1) is 0 Å². The van der Waals surface area contributed by atoms with E-state index in [4.69, 9.17) is 19.9 Å². The number of hydrogen-bond acceptors (Lipinski definition) is 4. The summed E-state index contributed by atoms with van der Waals surface area (Å²) in [6.07, 6.45) is 21.1. The molecule has 0 saturated heterocycles. The van der Waals surface area contributed by atoms with Crippen molar-refractivity contribution in [2.45, 2.75) is 246 Å². The number of nitrogens with zero attached hydrogens (tertiary/aromatic N) is 4. The second-order valence-electron chi connectivity index (χ2n) is 40.6. The van der Waals surface area contributed by atoms with Crippen LogP contribution in [0.4, 0.5) is 5.69 Å². The average Bonchev–Trinajstić information content (AvgIpc) is 1.58. The van der Waals surface area contributed by atoms with Gasteiger partial charge < -0.3 is 109 Å². The molecule has 0 aliphatic heterocycles. The molecule has 17 rings (SSSR count). The fourth-order valence-electron chi connectivity index (χ4n) is 25.3. The minimum atomic E-state index is -1.82. The summed E-state index contributed by atoms with van der Waals surface area (Å²) in [4.78, 5) is 27.7. The molecular weight excluding hydrogens is 1800 g/mol. The van der Waals surface area contributed by atoms with Crippen molar-refractivity contribution in [2.24, 2.45) is 76.4 Å². The molecule has 0 spiro atoms. The summed E-state index contributed by atoms with van der Waals surface area (Å²) in [7, 11) is -6.97. The molecule has 4 saturated carbocycles. The molecule has 5 aromatic carbocycles. The number of rotatable bonds is 12. The van der Waals surface area contributed by atoms with E-state index in [9.17, 15) is 0 Å². The number of thiophene rings is 4. The van der Waals surface area contributed by atoms with Crippen molar-refractivity contribution >= 4 is 149 Å². The zero-order chi connectivity index (χ0) is 78.3. The van der Waals surface area contributed by atoms with Gasteiger partial charge in [-0.25, -0.2) is 0 Å². The first kappa shape index (κ1) is 127. The third-order valence-corrected chi connectivity index (χ3v) is 47.5. The quantitative estimate of drug-likeness (QED) is 0.0865. The Morgan fingerprint density at radius 1 is 0.312 bits per heavy atom. The second kappa shape index (κ2) is 48.7. The number of allylic oxidation sites excluding steroid dienone is 4. The topological polar surface area (TPSA) is 56.4 Å². The van der Waals surface area contributed by atoms with Gasteiger partial charge in [-0.05, 0) is 201 Å². The summed E-state index contributed by atoms with van der Waals surface area (Å²) < 4.78 is 5.78. The van der Waals surface area contributed by atoms with Crippen LogP contribution < -0.4 is 0 Å². The maximum absolute atomic E-state index is 5.70. The van der Waals surface area contributed by atoms with E-state index >= 15 is 0 Å². The number of benzene rings is 5. The molecule has 16 heteroatoms. The molecule has 0 amide bonds. The van der Waals surface area contributed by atoms with E-state index in [1.54, 1.807) is 22.3 Å². The maximum atomic E-state index is 5.70. The minimum absolute atomic E-state index is 0. The van der Waals surface area contributed by atoms with Gasteiger partial charge in [-0.15, -0.1) is 68.2 Å². The first-order valence-electron chi connectivity index (χ1n) is 42.0. The van der Waals surface area contributed by atoms with Crippen LogP contribution in [0.1, 0.15) is 196 Å². The van der Waals surface area contributed by atoms with Crippen LogP contribution in [0.25, 0.3) is 84.6 Å². The van der Waals surface area contributed by atoms with Gasteiger partial charge in [0.15, 0.2) is 0 Å². The zero-order valence-electron chi connectivity index (χ0n) is 85.0. The van der Waals surface area contributed by atoms with Crippen LogP contribution in [0.3, 0.4) is 0 Å². The predicted molar refractivity (Wildman–Crippen MR) is 576 cm³/mol. The van der Waals surface area contributed by atoms with Crippen molar-refractivity contribution in [1.29, 1.82) is 0 Å². The van der Waals surface area contributed by atoms with Gasteiger partial charge in [-0.2, -0.15) is 0 Å². The molecule has 4 aromatic heterocycles. The van der Waals surface area contributed by atoms with Crippen LogP contribution in [-0.2, 0) is 86.9 Å². The molecule has 8 aliphatic carbocycles. The molecule has 125 heavy (non-hydrogen) atoms. The van der Waals surface area contributed by atoms with Gasteiger partial charge in [0.2, 0.25) is 0 Å². The maximum Gasteiger partial charge on any atom is 4.00 e. The van der Waals surface area contributed by atoms with Gasteiger partial charge in [-0.3, -0.25) is 0 Å². The van der Waals surface area contributed by atoms with Crippen LogP contribution in [0, 0.1) is 166 Å². The van der Waals surface area contributed by atoms with E-state index < -0.39 is 32.9 Å². The van der Waals surface area contributed by atoms with E-state index in [1.807, 2.05) is 45.3 Å². The van der Waals surface area contributed by atoms with Crippen molar-refractivity contribution < 1.29 is 86.9 Å². The smallest absolute Gasteiger partial charge is 0.687 e. The van der Waals surface area contributed by atoms with E-state index in [2.05, 4.69) is 353 Å². The van der Waals surface area contributed by atoms with Crippen LogP contribution >= 0.6 is 45.3 Å². The first-order valence-corrected chi connectivity index (χ1v) is 57.3. The summed E-state index contributed by atoms with van der Waals surface area (Å²) in [5, 5.41) is 5.99. The van der Waals surface area contributed by atoms with Crippen molar-refractivity contribution in [3.63, 3.8) is 0 Å². The summed E-state index contributed by atoms with van der Waals surface area (Å²) in [6.45, 7) is 63.2. The van der Waals surface area contributed by atoms with E-state index in [1.165, 1.54) is 59.9 Å². The normalized spacial score (nSPS) is 26.3. The Labute approximate surface area is 851 Å². The number of hydrogen-bond donors (Lipinski definition) is 0. The average molecular weight is 1960 g/mol. The molecule has 678 valence electrons. The summed E-state index contributed by atoms with van der Waals surface area (Å²) in [5.41, 5.74) is 11.0. The van der Waals surface area contributed by atoms with Crippen LogP contribution in [0.2, 0.25) is 74.5 Å². The third-order valence-electron chi connectivity index (χ3n) is 28.2. The Kier molecular flexibility index (Phi) is 49.6. The standard InChI is InChI=1S/C27H40NSSi.C25H28NSSi.C23H32NSSi.C22H30NSSi.12CH3.4Ti/c1-17-18(2)25(30(8,9)28-27(6,7)16-26(3,4)5)20-14-15-22-24(23(17)20)19-12-10-11-13-21(19)29-22;1-16-17(2)25(28(3,4)26-18-10-6-5-7-11-18)20-14-15-22-24(23(16)20)19-12-8-9-13-21(19)27-22;1-14-15(2)22(26(6,7)24-23(3,4)5)17-12-13-19-21(20(14)17)16-10-8-9-11-18(16)25-19;1-13(2)23-25(5,6)22-15(4)14(3)20-17(22)11-12-19-21(20)16-9-7-8-10-18(16)24-19;;;;;;;;;;;;;;;;/h10-15,17-18,20,23,25H,16H2,1-9H3;5-17,20,23,25H,1-4H3;8-15,17,20,22H,1-7H3;7-15,17,20,22H,1-6H3;12*1H3;;;;/q16*-1;4*+4. The molecule has 0 bridgehead atoms. The van der Waals surface area contributed by atoms with Crippen molar-refractivity contribution in [1.82, 2.24) is 0 Å². The molecule has 20 atom stereocenters. The molecule has 0 N–H and O–H groups in total. The Morgan fingerprint density at radius 2 is 0.552 bits per heavy atom. The fraction of sp³-hybridized carbons (Fsp3) is 0.468. The Balaban J connectivity index is -0.00000153. The monoisotopic (exact) mass is 1960 g/mol. The molecule has 8 aliphatic rings.